The highest BCUT2D eigenvalue weighted by molar-refractivity contribution is 7.90. The van der Waals surface area contributed by atoms with E-state index >= 15 is 0 Å². The van der Waals surface area contributed by atoms with Crippen LogP contribution in [-0.4, -0.2) is 14.3 Å². The number of hydrogen-bond donors (Lipinski definition) is 1. The van der Waals surface area contributed by atoms with Crippen LogP contribution in [0, 0.1) is 0 Å². The zero-order chi connectivity index (χ0) is 15.0. The maximum Gasteiger partial charge on any atom is 0.255 e. The van der Waals surface area contributed by atoms with Crippen molar-refractivity contribution in [2.75, 3.05) is 5.32 Å². The Bertz CT molecular complexity index is 813. The number of carbonyl (C=O) groups excluding carboxylic acids is 1. The third-order valence-corrected chi connectivity index (χ3v) is 5.08. The molecular weight excluding hydrogens is 310 g/mol. The van der Waals surface area contributed by atoms with E-state index in [4.69, 9.17) is 11.6 Å². The Labute approximate surface area is 127 Å². The van der Waals surface area contributed by atoms with Crippen LogP contribution in [0.2, 0.25) is 5.02 Å². The van der Waals surface area contributed by atoms with Crippen molar-refractivity contribution in [3.05, 3.63) is 64.2 Å². The third kappa shape index (κ3) is 3.09. The van der Waals surface area contributed by atoms with Crippen molar-refractivity contribution in [1.29, 1.82) is 0 Å². The van der Waals surface area contributed by atoms with Crippen molar-refractivity contribution in [3.63, 3.8) is 0 Å². The van der Waals surface area contributed by atoms with Gasteiger partial charge in [-0.05, 0) is 47.5 Å². The zero-order valence-corrected chi connectivity index (χ0v) is 12.5. The van der Waals surface area contributed by atoms with Gasteiger partial charge < -0.3 is 5.32 Å². The van der Waals surface area contributed by atoms with Crippen molar-refractivity contribution in [2.24, 2.45) is 0 Å². The molecule has 0 radical (unpaired) electrons. The van der Waals surface area contributed by atoms with Crippen LogP contribution in [0.3, 0.4) is 0 Å². The molecule has 0 saturated heterocycles. The summed E-state index contributed by atoms with van der Waals surface area (Å²) in [4.78, 5) is 12.1. The number of nitrogens with one attached hydrogen (secondary N) is 1. The second-order valence-corrected chi connectivity index (χ2v) is 7.48. The second kappa shape index (κ2) is 5.16. The van der Waals surface area contributed by atoms with Gasteiger partial charge in [-0.1, -0.05) is 17.7 Å². The fraction of sp³-hybridized carbons (Fsp3) is 0.133. The smallest absolute Gasteiger partial charge is 0.255 e. The molecule has 1 N–H and O–H groups in total. The maximum absolute atomic E-state index is 12.1. The Kier molecular flexibility index (Phi) is 3.47. The molecule has 4 nitrogen and oxygen atoms in total. The summed E-state index contributed by atoms with van der Waals surface area (Å²) in [6.45, 7) is 0. The average molecular weight is 322 g/mol. The minimum Gasteiger partial charge on any atom is -0.322 e. The Morgan fingerprint density at radius 3 is 2.38 bits per heavy atom. The van der Waals surface area contributed by atoms with Gasteiger partial charge in [0.05, 0.1) is 11.5 Å². The molecule has 0 aromatic heterocycles. The second-order valence-electron chi connectivity index (χ2n) is 4.98. The summed E-state index contributed by atoms with van der Waals surface area (Å²) in [6.07, 6.45) is 0. The van der Waals surface area contributed by atoms with Crippen LogP contribution in [0.1, 0.15) is 21.5 Å². The number of amides is 1. The van der Waals surface area contributed by atoms with E-state index in [0.717, 1.165) is 11.1 Å². The van der Waals surface area contributed by atoms with E-state index in [0.29, 0.717) is 16.3 Å². The molecular formula is C15H12ClNO3S. The molecule has 1 aliphatic rings. The molecule has 0 aliphatic carbocycles. The average Bonchev–Trinajstić information content (AvgIpc) is 2.72. The fourth-order valence-electron chi connectivity index (χ4n) is 2.31. The highest BCUT2D eigenvalue weighted by atomic mass is 35.5. The lowest BCUT2D eigenvalue weighted by atomic mass is 10.1. The number of sulfone groups is 1. The fourth-order valence-corrected chi connectivity index (χ4v) is 4.03. The van der Waals surface area contributed by atoms with Gasteiger partial charge in [0.25, 0.3) is 5.91 Å². The molecule has 108 valence electrons. The lowest BCUT2D eigenvalue weighted by Crippen LogP contribution is -2.11. The van der Waals surface area contributed by atoms with Crippen molar-refractivity contribution < 1.29 is 13.2 Å². The van der Waals surface area contributed by atoms with Gasteiger partial charge in [0.1, 0.15) is 0 Å². The molecule has 0 saturated carbocycles. The highest BCUT2D eigenvalue weighted by Crippen LogP contribution is 2.27. The summed E-state index contributed by atoms with van der Waals surface area (Å²) in [5.74, 6) is -0.145. The van der Waals surface area contributed by atoms with Gasteiger partial charge in [0, 0.05) is 16.3 Å². The predicted octanol–water partition coefficient (Wildman–Crippen LogP) is 3.02. The Morgan fingerprint density at radius 2 is 1.67 bits per heavy atom. The Morgan fingerprint density at radius 1 is 1.00 bits per heavy atom. The number of hydrogen-bond acceptors (Lipinski definition) is 3. The van der Waals surface area contributed by atoms with Crippen LogP contribution < -0.4 is 5.32 Å². The van der Waals surface area contributed by atoms with E-state index in [1.54, 1.807) is 42.5 Å². The van der Waals surface area contributed by atoms with Crippen molar-refractivity contribution in [1.82, 2.24) is 0 Å². The largest absolute Gasteiger partial charge is 0.322 e. The zero-order valence-electron chi connectivity index (χ0n) is 11.0. The van der Waals surface area contributed by atoms with E-state index in [9.17, 15) is 13.2 Å². The summed E-state index contributed by atoms with van der Waals surface area (Å²) < 4.78 is 23.1. The van der Waals surface area contributed by atoms with Crippen LogP contribution in [-0.2, 0) is 21.3 Å². The summed E-state index contributed by atoms with van der Waals surface area (Å²) >= 11 is 5.78. The van der Waals surface area contributed by atoms with E-state index in [-0.39, 0.29) is 17.4 Å². The van der Waals surface area contributed by atoms with Gasteiger partial charge in [-0.15, -0.1) is 0 Å². The maximum atomic E-state index is 12.1. The molecule has 6 heteroatoms. The van der Waals surface area contributed by atoms with Gasteiger partial charge in [0.2, 0.25) is 0 Å². The highest BCUT2D eigenvalue weighted by Gasteiger charge is 2.24. The van der Waals surface area contributed by atoms with Gasteiger partial charge in [-0.25, -0.2) is 8.42 Å². The minimum atomic E-state index is -3.03. The quantitative estimate of drug-likeness (QED) is 0.924. The lowest BCUT2D eigenvalue weighted by Gasteiger charge is -2.07. The van der Waals surface area contributed by atoms with Gasteiger partial charge in [-0.2, -0.15) is 0 Å². The van der Waals surface area contributed by atoms with Crippen molar-refractivity contribution >= 4 is 33.0 Å². The third-order valence-electron chi connectivity index (χ3n) is 3.32. The topological polar surface area (TPSA) is 63.2 Å². The number of rotatable bonds is 2. The van der Waals surface area contributed by atoms with Crippen LogP contribution in [0.15, 0.2) is 42.5 Å². The normalized spacial score (nSPS) is 15.5. The van der Waals surface area contributed by atoms with E-state index in [1.807, 2.05) is 0 Å². The Balaban J connectivity index is 1.80. The number of fused-ring (bicyclic) bond motifs is 1. The predicted molar refractivity (Wildman–Crippen MR) is 82.2 cm³/mol. The Hall–Kier alpha value is -1.85. The molecule has 0 fully saturated rings. The van der Waals surface area contributed by atoms with E-state index in [2.05, 4.69) is 5.32 Å². The van der Waals surface area contributed by atoms with Gasteiger partial charge >= 0.3 is 0 Å². The summed E-state index contributed by atoms with van der Waals surface area (Å²) in [7, 11) is -3.03. The molecule has 21 heavy (non-hydrogen) atoms. The first-order valence-corrected chi connectivity index (χ1v) is 8.52. The molecule has 2 aromatic carbocycles. The lowest BCUT2D eigenvalue weighted by molar-refractivity contribution is 0.102. The van der Waals surface area contributed by atoms with Crippen molar-refractivity contribution in [2.45, 2.75) is 11.5 Å². The summed E-state index contributed by atoms with van der Waals surface area (Å²) in [5.41, 5.74) is 2.64. The minimum absolute atomic E-state index is 0.0347. The number of carbonyl (C=O) groups is 1. The standard InChI is InChI=1S/C15H12ClNO3S/c16-13-4-1-10(2-5-13)15(18)17-14-6-3-11-8-21(19,20)9-12(11)7-14/h1-7H,8-9H2,(H,17,18). The van der Waals surface area contributed by atoms with Gasteiger partial charge in [0.15, 0.2) is 9.84 Å². The molecule has 0 atom stereocenters. The SMILES string of the molecule is O=C(Nc1ccc2c(c1)CS(=O)(=O)C2)c1ccc(Cl)cc1. The summed E-state index contributed by atoms with van der Waals surface area (Å²) in [6, 6.07) is 11.7. The van der Waals surface area contributed by atoms with E-state index in [1.165, 1.54) is 0 Å². The molecule has 1 aliphatic heterocycles. The number of benzene rings is 2. The van der Waals surface area contributed by atoms with Crippen LogP contribution >= 0.6 is 11.6 Å². The monoisotopic (exact) mass is 321 g/mol. The number of anilines is 1. The van der Waals surface area contributed by atoms with Crippen LogP contribution in [0.5, 0.6) is 0 Å². The van der Waals surface area contributed by atoms with Crippen LogP contribution in [0.25, 0.3) is 0 Å². The van der Waals surface area contributed by atoms with E-state index < -0.39 is 9.84 Å². The summed E-state index contributed by atoms with van der Waals surface area (Å²) in [5, 5.41) is 3.32. The molecule has 2 aromatic rings. The molecule has 0 spiro atoms. The molecule has 1 heterocycles. The van der Waals surface area contributed by atoms with Gasteiger partial charge in [-0.3, -0.25) is 4.79 Å². The first-order chi connectivity index (χ1) is 9.93. The molecule has 0 bridgehead atoms. The molecule has 3 rings (SSSR count). The molecule has 1 amide bonds. The van der Waals surface area contributed by atoms with Crippen LogP contribution in [0.4, 0.5) is 5.69 Å². The molecule has 0 unspecified atom stereocenters. The first kappa shape index (κ1) is 14.1. The number of halogens is 1. The van der Waals surface area contributed by atoms with Crippen molar-refractivity contribution in [3.8, 4) is 0 Å². The first-order valence-electron chi connectivity index (χ1n) is 6.32.